The molecule has 0 spiro atoms. The van der Waals surface area contributed by atoms with E-state index in [1.807, 2.05) is 0 Å². The van der Waals surface area contributed by atoms with Crippen molar-refractivity contribution in [3.05, 3.63) is 56.6 Å². The van der Waals surface area contributed by atoms with Crippen LogP contribution in [0.1, 0.15) is 51.4 Å². The van der Waals surface area contributed by atoms with Gasteiger partial charge in [0.25, 0.3) is 0 Å². The zero-order valence-electron chi connectivity index (χ0n) is 17.0. The molecule has 0 radical (unpaired) electrons. The van der Waals surface area contributed by atoms with Crippen molar-refractivity contribution in [2.45, 2.75) is 68.4 Å². The van der Waals surface area contributed by atoms with E-state index in [0.717, 1.165) is 0 Å². The van der Waals surface area contributed by atoms with Crippen molar-refractivity contribution in [2.24, 2.45) is 0 Å². The fourth-order valence-corrected chi connectivity index (χ4v) is 2.27. The van der Waals surface area contributed by atoms with Crippen LogP contribution in [0, 0.1) is 55.4 Å². The maximum atomic E-state index is 5.60. The molecule has 0 saturated carbocycles. The summed E-state index contributed by atoms with van der Waals surface area (Å²) >= 11 is 7.14. The summed E-state index contributed by atoms with van der Waals surface area (Å²) in [5.41, 5.74) is 11.5. The Labute approximate surface area is 187 Å². The molecule has 0 atom stereocenters. The first-order valence-corrected chi connectivity index (χ1v) is 14.6. The van der Waals surface area contributed by atoms with Gasteiger partial charge in [0, 0.05) is 0 Å². The van der Waals surface area contributed by atoms with Gasteiger partial charge in [-0.05, 0) is 0 Å². The van der Waals surface area contributed by atoms with Crippen molar-refractivity contribution in [3.8, 4) is 0 Å². The fourth-order valence-electron chi connectivity index (χ4n) is 2.27. The van der Waals surface area contributed by atoms with Crippen LogP contribution in [0.3, 0.4) is 0 Å². The van der Waals surface area contributed by atoms with Crippen LogP contribution >= 0.6 is 11.1 Å². The van der Waals surface area contributed by atoms with Crippen LogP contribution in [-0.4, -0.2) is 4.74 Å². The molecule has 2 aromatic carbocycles. The Balaban J connectivity index is -0.000000291. The second kappa shape index (κ2) is 14.7. The number of hydrogen-bond donors (Lipinski definition) is 0. The Morgan fingerprint density at radius 1 is 0.840 bits per heavy atom. The molecule has 0 fully saturated rings. The molecule has 0 aliphatic heterocycles. The van der Waals surface area contributed by atoms with Gasteiger partial charge in [-0.1, -0.05) is 55.4 Å². The van der Waals surface area contributed by atoms with Crippen LogP contribution in [0.25, 0.3) is 0 Å². The van der Waals surface area contributed by atoms with Crippen LogP contribution in [-0.2, 0) is 23.3 Å². The van der Waals surface area contributed by atoms with E-state index in [9.17, 15) is 0 Å². The van der Waals surface area contributed by atoms with Gasteiger partial charge in [-0.3, -0.25) is 0 Å². The maximum Gasteiger partial charge on any atom is -0.0630 e. The molecular weight excluding hydrogens is 466 g/mol. The molecule has 0 aliphatic carbocycles. The zero-order valence-corrected chi connectivity index (χ0v) is 22.7. The molecule has 2 rings (SSSR count). The fraction of sp³-hybridized carbons (Fsp3) is 0.500. The van der Waals surface area contributed by atoms with E-state index >= 15 is 0 Å². The van der Waals surface area contributed by atoms with Crippen molar-refractivity contribution < 1.29 is 48.1 Å². The molecule has 0 bridgehead atoms. The topological polar surface area (TPSA) is 0 Å². The number of aryl methyl sites for hydroxylation is 4. The summed E-state index contributed by atoms with van der Waals surface area (Å²) in [5.74, 6) is 0. The van der Waals surface area contributed by atoms with E-state index in [1.165, 1.54) is 73.9 Å². The van der Waals surface area contributed by atoms with Gasteiger partial charge in [0.15, 0.2) is 0 Å². The largest absolute Gasteiger partial charge is 1.00 e. The summed E-state index contributed by atoms with van der Waals surface area (Å²) in [7, 11) is 0. The monoisotopic (exact) mass is 494 g/mol. The smallest absolute Gasteiger partial charge is 0.0630 e. The van der Waals surface area contributed by atoms with Gasteiger partial charge < -0.3 is 24.8 Å². The third kappa shape index (κ3) is 10.5. The second-order valence-electron chi connectivity index (χ2n) is 6.28. The van der Waals surface area contributed by atoms with Crippen molar-refractivity contribution >= 4 is 15.8 Å². The molecule has 0 aromatic heterocycles. The van der Waals surface area contributed by atoms with Gasteiger partial charge in [0.2, 0.25) is 0 Å². The number of halogens is 3. The Hall–Kier alpha value is 0.670. The first-order chi connectivity index (χ1) is 10.5. The van der Waals surface area contributed by atoms with Crippen LogP contribution in [0.5, 0.6) is 0 Å². The molecule has 0 saturated heterocycles. The Morgan fingerprint density at radius 2 is 1.08 bits per heavy atom. The normalized spacial score (nSPS) is 8.96. The summed E-state index contributed by atoms with van der Waals surface area (Å²) in [4.78, 5) is 0. The van der Waals surface area contributed by atoms with E-state index in [0.29, 0.717) is 0 Å². The maximum absolute atomic E-state index is 5.60. The Morgan fingerprint density at radius 3 is 1.12 bits per heavy atom. The summed E-state index contributed by atoms with van der Waals surface area (Å²) < 4.78 is -0.312. The van der Waals surface area contributed by atoms with Gasteiger partial charge in [-0.2, -0.15) is 56.6 Å². The molecule has 0 unspecified atom stereocenters. The van der Waals surface area contributed by atoms with Crippen LogP contribution in [0.2, 0.25) is 6.04 Å². The van der Waals surface area contributed by atoms with Crippen LogP contribution < -0.4 is 24.8 Å². The molecule has 0 heterocycles. The van der Waals surface area contributed by atoms with Crippen LogP contribution in [0.15, 0.2) is 12.1 Å². The summed E-state index contributed by atoms with van der Waals surface area (Å²) in [6.07, 6.45) is 0. The van der Waals surface area contributed by atoms with E-state index in [4.69, 9.17) is 11.1 Å². The third-order valence-electron chi connectivity index (χ3n) is 4.67. The standard InChI is InChI=1S/2C9H13.C2H5ClSi.2ClH.Zr/c2*1-6-5-7(2)9(4)8(6)3;1-2-4-3;;;/h2*5H,1-4H3;2H2,1H3;2*1H;/q2*-1;;;;+2/p-2. The molecule has 0 amide bonds. The van der Waals surface area contributed by atoms with Crippen molar-refractivity contribution in [1.82, 2.24) is 0 Å². The minimum Gasteiger partial charge on any atom is -1.00 e. The number of hydrogen-bond acceptors (Lipinski definition) is 0. The van der Waals surface area contributed by atoms with E-state index in [1.54, 1.807) is 0 Å². The van der Waals surface area contributed by atoms with Gasteiger partial charge in [0.1, 0.15) is 0 Å². The molecule has 0 nitrogen and oxygen atoms in total. The Bertz CT molecular complexity index is 559. The minimum absolute atomic E-state index is 0. The average Bonchev–Trinajstić information content (AvgIpc) is 2.85. The van der Waals surface area contributed by atoms with Gasteiger partial charge in [-0.15, -0.1) is 0 Å². The first kappa shape index (κ1) is 30.4. The van der Waals surface area contributed by atoms with Gasteiger partial charge in [0.05, 0.1) is 0 Å². The van der Waals surface area contributed by atoms with E-state index in [-0.39, 0.29) is 29.6 Å². The first-order valence-electron chi connectivity index (χ1n) is 8.15. The van der Waals surface area contributed by atoms with Gasteiger partial charge in [-0.25, -0.2) is 0 Å². The summed E-state index contributed by atoms with van der Waals surface area (Å²) in [5, 5.41) is 0. The summed E-state index contributed by atoms with van der Waals surface area (Å²) in [6.45, 7) is 19.5. The van der Waals surface area contributed by atoms with E-state index < -0.39 is 0 Å². The molecule has 5 heteroatoms. The molecular formula is C20H31Cl3SiZr-2. The van der Waals surface area contributed by atoms with Gasteiger partial charge >= 0.3 is 52.1 Å². The van der Waals surface area contributed by atoms with Crippen molar-refractivity contribution in [1.29, 1.82) is 0 Å². The number of rotatable bonds is 1. The summed E-state index contributed by atoms with van der Waals surface area (Å²) in [6, 6.07) is 5.69. The van der Waals surface area contributed by atoms with Crippen molar-refractivity contribution in [3.63, 3.8) is 0 Å². The van der Waals surface area contributed by atoms with Crippen LogP contribution in [0.4, 0.5) is 0 Å². The molecule has 2 aromatic rings. The predicted octanol–water partition coefficient (Wildman–Crippen LogP) is 0.566. The van der Waals surface area contributed by atoms with Crippen molar-refractivity contribution in [2.75, 3.05) is 0 Å². The average molecular weight is 497 g/mol. The second-order valence-corrected chi connectivity index (χ2v) is 16.0. The van der Waals surface area contributed by atoms with E-state index in [2.05, 4.69) is 74.4 Å². The zero-order chi connectivity index (χ0) is 18.3. The molecule has 25 heavy (non-hydrogen) atoms. The SMILES string of the molecule is CC[Si](Cl)=[Zr+2].Cc1c[c-](C)c(C)c1C.Cc1c[c-](C)c(C)c1C.[Cl-].[Cl-]. The molecule has 0 aliphatic rings. The third-order valence-corrected chi connectivity index (χ3v) is 8.70. The predicted molar refractivity (Wildman–Crippen MR) is 104 cm³/mol. The Kier molecular flexibility index (Phi) is 17.9. The quantitative estimate of drug-likeness (QED) is 0.307. The molecule has 142 valence electrons. The minimum atomic E-state index is -0.312. The molecule has 0 N–H and O–H groups in total.